The summed E-state index contributed by atoms with van der Waals surface area (Å²) in [6, 6.07) is 14.4. The number of rotatable bonds is 8. The highest BCUT2D eigenvalue weighted by atomic mass is 35.5. The van der Waals surface area contributed by atoms with Crippen molar-refractivity contribution in [2.24, 2.45) is 0 Å². The van der Waals surface area contributed by atoms with Crippen molar-refractivity contribution in [1.29, 1.82) is 0 Å². The van der Waals surface area contributed by atoms with E-state index in [9.17, 15) is 9.59 Å². The van der Waals surface area contributed by atoms with Crippen LogP contribution in [0.15, 0.2) is 91.2 Å². The number of nitrogens with one attached hydrogen (secondary N) is 4. The SMILES string of the molecule is C=CCN[N+](C)=C1C=CC(NC(=O)C(NC(=O)Nc2ccc(Cl)cc2)c2ccccc2)=CC1. The molecule has 1 aliphatic carbocycles. The molecule has 4 N–H and O–H groups in total. The Labute approximate surface area is 198 Å². The van der Waals surface area contributed by atoms with Crippen LogP contribution in [0.4, 0.5) is 10.5 Å². The van der Waals surface area contributed by atoms with Crippen LogP contribution in [-0.4, -0.2) is 35.9 Å². The summed E-state index contributed by atoms with van der Waals surface area (Å²) in [4.78, 5) is 25.7. The van der Waals surface area contributed by atoms with Gasteiger partial charge in [-0.15, -0.1) is 11.3 Å². The van der Waals surface area contributed by atoms with Crippen LogP contribution in [-0.2, 0) is 4.79 Å². The van der Waals surface area contributed by atoms with E-state index in [1.807, 2.05) is 48.2 Å². The van der Waals surface area contributed by atoms with Crippen LogP contribution in [0.2, 0.25) is 5.02 Å². The number of carbonyl (C=O) groups excluding carboxylic acids is 2. The highest BCUT2D eigenvalue weighted by Crippen LogP contribution is 2.17. The number of benzene rings is 2. The van der Waals surface area contributed by atoms with E-state index in [1.54, 1.807) is 42.5 Å². The maximum atomic E-state index is 13.1. The van der Waals surface area contributed by atoms with Gasteiger partial charge in [-0.1, -0.05) is 54.1 Å². The Morgan fingerprint density at radius 3 is 2.45 bits per heavy atom. The Morgan fingerprint density at radius 2 is 1.82 bits per heavy atom. The smallest absolute Gasteiger partial charge is 0.320 e. The third kappa shape index (κ3) is 7.08. The number of hydrogen-bond donors (Lipinski definition) is 4. The normalized spacial score (nSPS) is 15.0. The number of amides is 3. The summed E-state index contributed by atoms with van der Waals surface area (Å²) in [7, 11) is 1.93. The van der Waals surface area contributed by atoms with Crippen molar-refractivity contribution in [1.82, 2.24) is 16.1 Å². The predicted octanol–water partition coefficient (Wildman–Crippen LogP) is 3.94. The lowest BCUT2D eigenvalue weighted by atomic mass is 10.1. The van der Waals surface area contributed by atoms with Crippen LogP contribution < -0.4 is 21.4 Å². The Bertz CT molecular complexity index is 1090. The topological polar surface area (TPSA) is 85.3 Å². The molecule has 1 aliphatic rings. The standard InChI is InChI=1S/C25H26ClN5O2/c1-3-17-27-31(2)22-15-13-20(14-16-22)28-24(32)23(18-7-5-4-6-8-18)30-25(33)29-21-11-9-19(26)10-12-21/h3-15,23,27H,1,16-17H2,2H3,(H2-,28,29,30,32,33)/p+1. The molecule has 0 radical (unpaired) electrons. The first-order valence-corrected chi connectivity index (χ1v) is 10.8. The molecule has 0 saturated carbocycles. The molecular formula is C25H27ClN5O2+. The van der Waals surface area contributed by atoms with E-state index in [0.717, 1.165) is 5.71 Å². The molecule has 0 aromatic heterocycles. The van der Waals surface area contributed by atoms with Gasteiger partial charge >= 0.3 is 6.03 Å². The van der Waals surface area contributed by atoms with E-state index < -0.39 is 12.1 Å². The zero-order chi connectivity index (χ0) is 23.6. The molecule has 0 heterocycles. The minimum Gasteiger partial charge on any atom is -0.324 e. The molecule has 8 heteroatoms. The van der Waals surface area contributed by atoms with Crippen molar-refractivity contribution >= 4 is 34.9 Å². The van der Waals surface area contributed by atoms with Gasteiger partial charge in [0.05, 0.1) is 13.0 Å². The van der Waals surface area contributed by atoms with E-state index in [2.05, 4.69) is 28.0 Å². The average Bonchev–Trinajstić information content (AvgIpc) is 2.83. The van der Waals surface area contributed by atoms with Crippen LogP contribution in [0.5, 0.6) is 0 Å². The van der Waals surface area contributed by atoms with Gasteiger partial charge in [-0.3, -0.25) is 4.79 Å². The number of hydrazone groups is 1. The summed E-state index contributed by atoms with van der Waals surface area (Å²) in [5.41, 5.74) is 6.15. The third-order valence-corrected chi connectivity index (χ3v) is 5.18. The minimum atomic E-state index is -0.880. The molecule has 2 aromatic carbocycles. The number of carbonyl (C=O) groups is 2. The van der Waals surface area contributed by atoms with Crippen molar-refractivity contribution in [3.8, 4) is 0 Å². The van der Waals surface area contributed by atoms with E-state index >= 15 is 0 Å². The molecule has 33 heavy (non-hydrogen) atoms. The summed E-state index contributed by atoms with van der Waals surface area (Å²) in [6.07, 6.45) is 8.12. The lowest BCUT2D eigenvalue weighted by Gasteiger charge is -2.20. The highest BCUT2D eigenvalue weighted by molar-refractivity contribution is 6.30. The molecule has 0 fully saturated rings. The second-order valence-corrected chi connectivity index (χ2v) is 7.77. The van der Waals surface area contributed by atoms with E-state index in [4.69, 9.17) is 11.6 Å². The Balaban J connectivity index is 1.68. The van der Waals surface area contributed by atoms with Gasteiger partial charge < -0.3 is 16.0 Å². The molecule has 0 spiro atoms. The maximum Gasteiger partial charge on any atom is 0.320 e. The van der Waals surface area contributed by atoms with Crippen molar-refractivity contribution in [3.63, 3.8) is 0 Å². The van der Waals surface area contributed by atoms with E-state index in [1.165, 1.54) is 0 Å². The third-order valence-electron chi connectivity index (χ3n) is 4.93. The van der Waals surface area contributed by atoms with Crippen LogP contribution in [0.3, 0.4) is 0 Å². The van der Waals surface area contributed by atoms with Gasteiger partial charge in [0.1, 0.15) is 6.04 Å². The van der Waals surface area contributed by atoms with Crippen molar-refractivity contribution in [3.05, 3.63) is 102 Å². The van der Waals surface area contributed by atoms with Crippen molar-refractivity contribution in [2.45, 2.75) is 12.5 Å². The zero-order valence-electron chi connectivity index (χ0n) is 18.3. The first-order chi connectivity index (χ1) is 16.0. The molecule has 7 nitrogen and oxygen atoms in total. The molecule has 1 atom stereocenters. The Kier molecular flexibility index (Phi) is 8.43. The predicted molar refractivity (Wildman–Crippen MR) is 132 cm³/mol. The van der Waals surface area contributed by atoms with Gasteiger partial charge in [0.2, 0.25) is 5.71 Å². The fourth-order valence-electron chi connectivity index (χ4n) is 3.17. The number of anilines is 1. The molecule has 1 unspecified atom stereocenters. The van der Waals surface area contributed by atoms with Crippen LogP contribution in [0, 0.1) is 0 Å². The fourth-order valence-corrected chi connectivity index (χ4v) is 3.30. The van der Waals surface area contributed by atoms with Crippen LogP contribution >= 0.6 is 11.6 Å². The highest BCUT2D eigenvalue weighted by Gasteiger charge is 2.24. The summed E-state index contributed by atoms with van der Waals surface area (Å²) < 4.78 is 1.92. The molecule has 0 bridgehead atoms. The Hall–Kier alpha value is -3.84. The largest absolute Gasteiger partial charge is 0.324 e. The number of hydrogen-bond acceptors (Lipinski definition) is 3. The second kappa shape index (κ2) is 11.7. The fraction of sp³-hybridized carbons (Fsp3) is 0.160. The minimum absolute atomic E-state index is 0.343. The van der Waals surface area contributed by atoms with Crippen LogP contribution in [0.25, 0.3) is 0 Å². The average molecular weight is 465 g/mol. The number of urea groups is 1. The van der Waals surface area contributed by atoms with Gasteiger partial charge in [-0.25, -0.2) is 4.79 Å². The molecule has 170 valence electrons. The number of hydrazine groups is 1. The maximum absolute atomic E-state index is 13.1. The number of allylic oxidation sites excluding steroid dienone is 3. The molecule has 0 saturated heterocycles. The second-order valence-electron chi connectivity index (χ2n) is 7.34. The monoisotopic (exact) mass is 464 g/mol. The Morgan fingerprint density at radius 1 is 1.09 bits per heavy atom. The summed E-state index contributed by atoms with van der Waals surface area (Å²) >= 11 is 5.89. The number of nitrogens with zero attached hydrogens (tertiary/aromatic N) is 1. The first kappa shape index (κ1) is 23.8. The molecule has 3 rings (SSSR count). The van der Waals surface area contributed by atoms with Gasteiger partial charge in [-0.2, -0.15) is 5.43 Å². The molecule has 0 aliphatic heterocycles. The zero-order valence-corrected chi connectivity index (χ0v) is 19.1. The quantitative estimate of drug-likeness (QED) is 0.271. The first-order valence-electron chi connectivity index (χ1n) is 10.5. The molecular weight excluding hydrogens is 438 g/mol. The van der Waals surface area contributed by atoms with E-state index in [0.29, 0.717) is 34.9 Å². The molecule has 2 aromatic rings. The number of halogens is 1. The summed E-state index contributed by atoms with van der Waals surface area (Å²) in [6.45, 7) is 4.35. The van der Waals surface area contributed by atoms with Gasteiger partial charge in [0, 0.05) is 22.5 Å². The van der Waals surface area contributed by atoms with Crippen LogP contribution in [0.1, 0.15) is 18.0 Å². The van der Waals surface area contributed by atoms with E-state index in [-0.39, 0.29) is 5.91 Å². The van der Waals surface area contributed by atoms with Gasteiger partial charge in [0.15, 0.2) is 7.05 Å². The van der Waals surface area contributed by atoms with Gasteiger partial charge in [-0.05, 0) is 35.9 Å². The summed E-state index contributed by atoms with van der Waals surface area (Å²) in [5, 5.41) is 8.95. The molecule has 3 amide bonds. The van der Waals surface area contributed by atoms with Crippen molar-refractivity contribution < 1.29 is 14.3 Å². The summed E-state index contributed by atoms with van der Waals surface area (Å²) in [5.74, 6) is -0.343. The lowest BCUT2D eigenvalue weighted by molar-refractivity contribution is -0.558. The van der Waals surface area contributed by atoms with Gasteiger partial charge in [0.25, 0.3) is 5.91 Å². The van der Waals surface area contributed by atoms with Crippen molar-refractivity contribution in [2.75, 3.05) is 18.9 Å². The lowest BCUT2D eigenvalue weighted by Crippen LogP contribution is -2.42.